The second-order valence-corrected chi connectivity index (χ2v) is 5.54. The molecule has 2 rings (SSSR count). The third-order valence-corrected chi connectivity index (χ3v) is 3.91. The van der Waals surface area contributed by atoms with Crippen molar-refractivity contribution in [2.45, 2.75) is 24.3 Å². The zero-order chi connectivity index (χ0) is 12.8. The van der Waals surface area contributed by atoms with E-state index in [1.807, 2.05) is 24.0 Å². The van der Waals surface area contributed by atoms with Crippen molar-refractivity contribution in [1.82, 2.24) is 4.98 Å². The highest BCUT2D eigenvalue weighted by Crippen LogP contribution is 2.19. The van der Waals surface area contributed by atoms with E-state index in [9.17, 15) is 0 Å². The van der Waals surface area contributed by atoms with Gasteiger partial charge in [0.25, 0.3) is 0 Å². The minimum atomic E-state index is 0.167. The van der Waals surface area contributed by atoms with Gasteiger partial charge in [-0.05, 0) is 37.1 Å². The average molecular weight is 258 g/mol. The fourth-order valence-corrected chi connectivity index (χ4v) is 2.57. The zero-order valence-corrected chi connectivity index (χ0v) is 11.4. The first-order valence-electron chi connectivity index (χ1n) is 6.08. The van der Waals surface area contributed by atoms with Crippen LogP contribution in [-0.2, 0) is 6.42 Å². The Balaban J connectivity index is 1.81. The van der Waals surface area contributed by atoms with Gasteiger partial charge in [-0.15, -0.1) is 11.8 Å². The first-order valence-corrected chi connectivity index (χ1v) is 7.06. The summed E-state index contributed by atoms with van der Waals surface area (Å²) < 4.78 is 0. The fourth-order valence-electron chi connectivity index (χ4n) is 1.72. The first kappa shape index (κ1) is 13.1. The number of hydrogen-bond donors (Lipinski definition) is 1. The number of pyridine rings is 1. The summed E-state index contributed by atoms with van der Waals surface area (Å²) in [6.45, 7) is 2.10. The van der Waals surface area contributed by atoms with Crippen LogP contribution in [0.1, 0.15) is 11.1 Å². The fraction of sp³-hybridized carbons (Fsp3) is 0.267. The molecule has 2 N–H and O–H groups in total. The monoisotopic (exact) mass is 258 g/mol. The molecule has 2 aromatic rings. The van der Waals surface area contributed by atoms with Gasteiger partial charge in [0.05, 0.1) is 0 Å². The van der Waals surface area contributed by atoms with Gasteiger partial charge in [-0.2, -0.15) is 0 Å². The molecule has 0 saturated carbocycles. The van der Waals surface area contributed by atoms with E-state index in [-0.39, 0.29) is 6.04 Å². The van der Waals surface area contributed by atoms with E-state index in [0.717, 1.165) is 12.2 Å². The van der Waals surface area contributed by atoms with Gasteiger partial charge in [0.1, 0.15) is 0 Å². The number of nitrogens with two attached hydrogens (primary N) is 1. The molecule has 0 fully saturated rings. The van der Waals surface area contributed by atoms with Gasteiger partial charge in [0.2, 0.25) is 0 Å². The molecule has 2 nitrogen and oxygen atoms in total. The first-order chi connectivity index (χ1) is 8.74. The molecule has 1 aromatic carbocycles. The van der Waals surface area contributed by atoms with Gasteiger partial charge >= 0.3 is 0 Å². The Morgan fingerprint density at radius 2 is 2.00 bits per heavy atom. The van der Waals surface area contributed by atoms with Crippen molar-refractivity contribution in [2.24, 2.45) is 5.73 Å². The van der Waals surface area contributed by atoms with E-state index in [2.05, 4.69) is 42.2 Å². The van der Waals surface area contributed by atoms with Crippen LogP contribution >= 0.6 is 11.8 Å². The lowest BCUT2D eigenvalue weighted by molar-refractivity contribution is 0.746. The van der Waals surface area contributed by atoms with Gasteiger partial charge < -0.3 is 5.73 Å². The Kier molecular flexibility index (Phi) is 4.79. The molecule has 0 saturated heterocycles. The summed E-state index contributed by atoms with van der Waals surface area (Å²) >= 11 is 1.81. The quantitative estimate of drug-likeness (QED) is 0.838. The molecule has 1 atom stereocenters. The number of aryl methyl sites for hydroxylation is 1. The van der Waals surface area contributed by atoms with Gasteiger partial charge in [-0.25, -0.2) is 0 Å². The Morgan fingerprint density at radius 3 is 2.67 bits per heavy atom. The molecule has 0 bridgehead atoms. The van der Waals surface area contributed by atoms with Crippen molar-refractivity contribution in [3.63, 3.8) is 0 Å². The molecular weight excluding hydrogens is 240 g/mol. The second-order valence-electron chi connectivity index (χ2n) is 4.45. The van der Waals surface area contributed by atoms with Crippen molar-refractivity contribution < 1.29 is 0 Å². The smallest absolute Gasteiger partial charge is 0.0300 e. The minimum absolute atomic E-state index is 0.167. The Bertz CT molecular complexity index is 468. The molecule has 0 aliphatic carbocycles. The number of hydrogen-bond acceptors (Lipinski definition) is 3. The predicted molar refractivity (Wildman–Crippen MR) is 77.8 cm³/mol. The maximum atomic E-state index is 6.13. The molecule has 0 radical (unpaired) electrons. The summed E-state index contributed by atoms with van der Waals surface area (Å²) in [5.74, 6) is 0.929. The van der Waals surface area contributed by atoms with Gasteiger partial charge in [-0.1, -0.05) is 23.8 Å². The van der Waals surface area contributed by atoms with Crippen molar-refractivity contribution in [1.29, 1.82) is 0 Å². The standard InChI is InChI=1S/C15H18N2S/c1-12-4-6-15(7-5-12)18-11-14(16)9-13-3-2-8-17-10-13/h2-8,10,14H,9,11,16H2,1H3. The predicted octanol–water partition coefficient (Wildman–Crippen LogP) is 3.05. The summed E-state index contributed by atoms with van der Waals surface area (Å²) in [5.41, 5.74) is 8.63. The number of thioether (sulfide) groups is 1. The van der Waals surface area contributed by atoms with Crippen molar-refractivity contribution in [3.05, 3.63) is 59.9 Å². The highest BCUT2D eigenvalue weighted by molar-refractivity contribution is 7.99. The molecule has 0 spiro atoms. The summed E-state index contributed by atoms with van der Waals surface area (Å²) in [4.78, 5) is 5.38. The summed E-state index contributed by atoms with van der Waals surface area (Å²) in [5, 5.41) is 0. The molecule has 1 aromatic heterocycles. The van der Waals surface area contributed by atoms with Crippen LogP contribution in [0.3, 0.4) is 0 Å². The van der Waals surface area contributed by atoms with Crippen LogP contribution in [0.4, 0.5) is 0 Å². The van der Waals surface area contributed by atoms with E-state index in [0.29, 0.717) is 0 Å². The van der Waals surface area contributed by atoms with Crippen molar-refractivity contribution >= 4 is 11.8 Å². The SMILES string of the molecule is Cc1ccc(SCC(N)Cc2cccnc2)cc1. The van der Waals surface area contributed by atoms with Crippen LogP contribution in [0.2, 0.25) is 0 Å². The van der Waals surface area contributed by atoms with Gasteiger partial charge in [-0.3, -0.25) is 4.98 Å². The molecular formula is C15H18N2S. The maximum absolute atomic E-state index is 6.13. The van der Waals surface area contributed by atoms with E-state index in [4.69, 9.17) is 5.73 Å². The van der Waals surface area contributed by atoms with Crippen LogP contribution in [0.25, 0.3) is 0 Å². The van der Waals surface area contributed by atoms with E-state index in [1.165, 1.54) is 16.0 Å². The Morgan fingerprint density at radius 1 is 1.22 bits per heavy atom. The molecule has 0 aliphatic heterocycles. The van der Waals surface area contributed by atoms with Crippen molar-refractivity contribution in [3.8, 4) is 0 Å². The minimum Gasteiger partial charge on any atom is -0.327 e. The third-order valence-electron chi connectivity index (χ3n) is 2.71. The topological polar surface area (TPSA) is 38.9 Å². The highest BCUT2D eigenvalue weighted by Gasteiger charge is 2.05. The van der Waals surface area contributed by atoms with Crippen LogP contribution in [-0.4, -0.2) is 16.8 Å². The zero-order valence-electron chi connectivity index (χ0n) is 10.5. The maximum Gasteiger partial charge on any atom is 0.0300 e. The molecule has 0 aliphatic rings. The molecule has 0 amide bonds. The normalized spacial score (nSPS) is 12.3. The molecule has 3 heteroatoms. The van der Waals surface area contributed by atoms with Crippen LogP contribution in [0.5, 0.6) is 0 Å². The van der Waals surface area contributed by atoms with Gasteiger partial charge in [0.15, 0.2) is 0 Å². The lowest BCUT2D eigenvalue weighted by Gasteiger charge is -2.11. The molecule has 18 heavy (non-hydrogen) atoms. The lowest BCUT2D eigenvalue weighted by Crippen LogP contribution is -2.25. The Labute approximate surface area is 113 Å². The number of benzene rings is 1. The number of rotatable bonds is 5. The van der Waals surface area contributed by atoms with E-state index < -0.39 is 0 Å². The molecule has 1 heterocycles. The summed E-state index contributed by atoms with van der Waals surface area (Å²) in [6, 6.07) is 12.8. The van der Waals surface area contributed by atoms with Crippen LogP contribution < -0.4 is 5.73 Å². The van der Waals surface area contributed by atoms with Crippen LogP contribution in [0.15, 0.2) is 53.7 Å². The summed E-state index contributed by atoms with van der Waals surface area (Å²) in [7, 11) is 0. The summed E-state index contributed by atoms with van der Waals surface area (Å²) in [6.07, 6.45) is 4.55. The third kappa shape index (κ3) is 4.17. The number of nitrogens with zero attached hydrogens (tertiary/aromatic N) is 1. The average Bonchev–Trinajstić information content (AvgIpc) is 2.39. The largest absolute Gasteiger partial charge is 0.327 e. The van der Waals surface area contributed by atoms with Crippen molar-refractivity contribution in [2.75, 3.05) is 5.75 Å². The molecule has 94 valence electrons. The van der Waals surface area contributed by atoms with Gasteiger partial charge in [0, 0.05) is 29.1 Å². The second kappa shape index (κ2) is 6.57. The lowest BCUT2D eigenvalue weighted by atomic mass is 10.1. The van der Waals surface area contributed by atoms with E-state index in [1.54, 1.807) is 6.20 Å². The highest BCUT2D eigenvalue weighted by atomic mass is 32.2. The molecule has 1 unspecified atom stereocenters. The van der Waals surface area contributed by atoms with Crippen LogP contribution in [0, 0.1) is 6.92 Å². The Hall–Kier alpha value is -1.32. The number of aromatic nitrogens is 1. The van der Waals surface area contributed by atoms with E-state index >= 15 is 0 Å².